The molecular weight excluding hydrogens is 384 g/mol. The van der Waals surface area contributed by atoms with Crippen LogP contribution in [0.3, 0.4) is 0 Å². The summed E-state index contributed by atoms with van der Waals surface area (Å²) in [4.78, 5) is 14.8. The molecule has 0 aliphatic carbocycles. The maximum atomic E-state index is 13.5. The summed E-state index contributed by atoms with van der Waals surface area (Å²) in [5, 5.41) is 0. The average Bonchev–Trinajstić information content (AvgIpc) is 2.72. The van der Waals surface area contributed by atoms with Gasteiger partial charge in [0.2, 0.25) is 0 Å². The van der Waals surface area contributed by atoms with Crippen LogP contribution in [0.5, 0.6) is 0 Å². The Morgan fingerprint density at radius 3 is 1.87 bits per heavy atom. The van der Waals surface area contributed by atoms with E-state index >= 15 is 0 Å². The molecule has 0 aromatic heterocycles. The maximum absolute atomic E-state index is 13.5. The second-order valence-electron chi connectivity index (χ2n) is 7.66. The van der Waals surface area contributed by atoms with Crippen LogP contribution in [0.1, 0.15) is 35.6 Å². The number of carbonyl (C=O) groups is 1. The summed E-state index contributed by atoms with van der Waals surface area (Å²) < 4.78 is 32.5. The summed E-state index contributed by atoms with van der Waals surface area (Å²) in [6.07, 6.45) is -0.242. The molecule has 3 nitrogen and oxygen atoms in total. The van der Waals surface area contributed by atoms with Crippen LogP contribution < -0.4 is 0 Å². The van der Waals surface area contributed by atoms with Crippen molar-refractivity contribution in [1.82, 2.24) is 4.90 Å². The Hall–Kier alpha value is -3.05. The Morgan fingerprint density at radius 1 is 0.867 bits per heavy atom. The van der Waals surface area contributed by atoms with Crippen LogP contribution in [0.2, 0.25) is 0 Å². The number of halogens is 2. The molecule has 4 rings (SSSR count). The first-order valence-corrected chi connectivity index (χ1v) is 10.0. The van der Waals surface area contributed by atoms with E-state index in [1.165, 1.54) is 23.3 Å². The van der Waals surface area contributed by atoms with E-state index in [1.54, 1.807) is 6.92 Å². The minimum Gasteiger partial charge on any atom is -0.459 e. The summed E-state index contributed by atoms with van der Waals surface area (Å²) in [6.45, 7) is 2.80. The molecule has 0 spiro atoms. The number of rotatable bonds is 6. The number of esters is 1. The van der Waals surface area contributed by atoms with Crippen LogP contribution in [0.15, 0.2) is 78.9 Å². The highest BCUT2D eigenvalue weighted by Crippen LogP contribution is 2.33. The van der Waals surface area contributed by atoms with Gasteiger partial charge in [-0.1, -0.05) is 60.7 Å². The highest BCUT2D eigenvalue weighted by atomic mass is 19.1. The maximum Gasteiger partial charge on any atom is 0.313 e. The highest BCUT2D eigenvalue weighted by Gasteiger charge is 2.37. The number of carbonyl (C=O) groups excluding carboxylic acids is 1. The zero-order chi connectivity index (χ0) is 21.1. The first-order chi connectivity index (χ1) is 14.5. The fraction of sp³-hybridized carbons (Fsp3) is 0.240. The fourth-order valence-corrected chi connectivity index (χ4v) is 3.87. The molecule has 1 aliphatic heterocycles. The summed E-state index contributed by atoms with van der Waals surface area (Å²) in [7, 11) is 0. The highest BCUT2D eigenvalue weighted by molar-refractivity contribution is 5.78. The number of likely N-dealkylation sites (tertiary alicyclic amines) is 1. The fourth-order valence-electron chi connectivity index (χ4n) is 3.87. The molecule has 5 heteroatoms. The quantitative estimate of drug-likeness (QED) is 0.534. The van der Waals surface area contributed by atoms with Crippen molar-refractivity contribution < 1.29 is 18.3 Å². The molecule has 154 valence electrons. The van der Waals surface area contributed by atoms with E-state index in [0.717, 1.165) is 6.07 Å². The van der Waals surface area contributed by atoms with Gasteiger partial charge in [0.1, 0.15) is 17.7 Å². The Balaban J connectivity index is 1.42. The molecule has 0 amide bonds. The van der Waals surface area contributed by atoms with Gasteiger partial charge in [-0.05, 0) is 35.7 Å². The molecule has 3 aromatic carbocycles. The van der Waals surface area contributed by atoms with Crippen molar-refractivity contribution in [2.75, 3.05) is 13.1 Å². The minimum atomic E-state index is -0.733. The van der Waals surface area contributed by atoms with E-state index in [9.17, 15) is 13.6 Å². The zero-order valence-electron chi connectivity index (χ0n) is 16.7. The summed E-state index contributed by atoms with van der Waals surface area (Å²) in [5.74, 6) is -2.61. The molecule has 1 heterocycles. The number of benzene rings is 3. The van der Waals surface area contributed by atoms with Gasteiger partial charge >= 0.3 is 5.97 Å². The topological polar surface area (TPSA) is 29.5 Å². The van der Waals surface area contributed by atoms with Gasteiger partial charge in [0.15, 0.2) is 0 Å². The molecule has 1 saturated heterocycles. The van der Waals surface area contributed by atoms with Gasteiger partial charge in [0.05, 0.1) is 12.0 Å². The Labute approximate surface area is 174 Å². The molecule has 0 saturated carbocycles. The van der Waals surface area contributed by atoms with Crippen molar-refractivity contribution in [3.8, 4) is 0 Å². The summed E-state index contributed by atoms with van der Waals surface area (Å²) >= 11 is 0. The summed E-state index contributed by atoms with van der Waals surface area (Å²) in [5.41, 5.74) is 2.63. The van der Waals surface area contributed by atoms with E-state index in [1.807, 2.05) is 36.4 Å². The van der Waals surface area contributed by atoms with Crippen LogP contribution in [0.4, 0.5) is 8.78 Å². The second kappa shape index (κ2) is 8.76. The van der Waals surface area contributed by atoms with E-state index in [4.69, 9.17) is 4.74 Å². The van der Waals surface area contributed by atoms with Gasteiger partial charge in [0, 0.05) is 19.2 Å². The zero-order valence-corrected chi connectivity index (χ0v) is 16.7. The van der Waals surface area contributed by atoms with E-state index in [-0.39, 0.29) is 17.7 Å². The van der Waals surface area contributed by atoms with Crippen LogP contribution in [-0.2, 0) is 9.53 Å². The number of hydrogen-bond acceptors (Lipinski definition) is 3. The van der Waals surface area contributed by atoms with E-state index in [2.05, 4.69) is 29.2 Å². The van der Waals surface area contributed by atoms with E-state index in [0.29, 0.717) is 13.1 Å². The summed E-state index contributed by atoms with van der Waals surface area (Å²) in [6, 6.07) is 23.6. The van der Waals surface area contributed by atoms with Gasteiger partial charge in [-0.15, -0.1) is 0 Å². The average molecular weight is 407 g/mol. The monoisotopic (exact) mass is 407 g/mol. The van der Waals surface area contributed by atoms with Crippen molar-refractivity contribution in [2.45, 2.75) is 25.0 Å². The van der Waals surface area contributed by atoms with Crippen molar-refractivity contribution in [1.29, 1.82) is 0 Å². The third kappa shape index (κ3) is 4.41. The number of hydrogen-bond donors (Lipinski definition) is 0. The van der Waals surface area contributed by atoms with Crippen molar-refractivity contribution in [3.63, 3.8) is 0 Å². The first-order valence-electron chi connectivity index (χ1n) is 10.0. The van der Waals surface area contributed by atoms with Crippen molar-refractivity contribution in [3.05, 3.63) is 107 Å². The number of ether oxygens (including phenoxy) is 1. The van der Waals surface area contributed by atoms with Gasteiger partial charge in [-0.3, -0.25) is 9.69 Å². The molecule has 1 atom stereocenters. The third-order valence-electron chi connectivity index (χ3n) is 5.49. The SMILES string of the molecule is CC(C(=O)OC1CN(C(c2ccccc2)c2ccccc2)C1)c1cc(F)cc(F)c1. The second-order valence-corrected chi connectivity index (χ2v) is 7.66. The standard InChI is InChI=1S/C25H23F2NO2/c1-17(20-12-21(26)14-22(27)13-20)25(29)30-23-15-28(16-23)24(18-8-4-2-5-9-18)19-10-6-3-7-11-19/h2-14,17,23-24H,15-16H2,1H3. The lowest BCUT2D eigenvalue weighted by Gasteiger charge is -2.44. The van der Waals surface area contributed by atoms with E-state index < -0.39 is 23.5 Å². The number of nitrogens with zero attached hydrogens (tertiary/aromatic N) is 1. The van der Waals surface area contributed by atoms with Gasteiger partial charge < -0.3 is 4.74 Å². The molecule has 1 fully saturated rings. The molecule has 1 unspecified atom stereocenters. The minimum absolute atomic E-state index is 0.0806. The predicted molar refractivity (Wildman–Crippen MR) is 111 cm³/mol. The smallest absolute Gasteiger partial charge is 0.313 e. The van der Waals surface area contributed by atoms with Crippen molar-refractivity contribution >= 4 is 5.97 Å². The molecule has 0 radical (unpaired) electrons. The largest absolute Gasteiger partial charge is 0.459 e. The lowest BCUT2D eigenvalue weighted by atomic mass is 9.93. The van der Waals surface area contributed by atoms with Gasteiger partial charge in [-0.25, -0.2) is 8.78 Å². The Morgan fingerprint density at radius 2 is 1.37 bits per heavy atom. The lowest BCUT2D eigenvalue weighted by molar-refractivity contribution is -0.160. The van der Waals surface area contributed by atoms with Gasteiger partial charge in [-0.2, -0.15) is 0 Å². The van der Waals surface area contributed by atoms with Crippen LogP contribution in [0, 0.1) is 11.6 Å². The molecule has 1 aliphatic rings. The van der Waals surface area contributed by atoms with Crippen LogP contribution in [-0.4, -0.2) is 30.1 Å². The predicted octanol–water partition coefficient (Wildman–Crippen LogP) is 5.09. The Bertz CT molecular complexity index is 944. The molecule has 30 heavy (non-hydrogen) atoms. The first kappa shape index (κ1) is 20.2. The molecular formula is C25H23F2NO2. The third-order valence-corrected chi connectivity index (χ3v) is 5.49. The molecule has 0 N–H and O–H groups in total. The lowest BCUT2D eigenvalue weighted by Crippen LogP contribution is -2.54. The van der Waals surface area contributed by atoms with Gasteiger partial charge in [0.25, 0.3) is 0 Å². The molecule has 3 aromatic rings. The Kier molecular flexibility index (Phi) is 5.91. The van der Waals surface area contributed by atoms with Crippen molar-refractivity contribution in [2.24, 2.45) is 0 Å². The normalized spacial score (nSPS) is 15.6. The molecule has 0 bridgehead atoms. The van der Waals surface area contributed by atoms with Crippen LogP contribution in [0.25, 0.3) is 0 Å². The van der Waals surface area contributed by atoms with Crippen LogP contribution >= 0.6 is 0 Å².